The molecule has 0 aromatic carbocycles. The molecule has 2 fully saturated rings. The zero-order valence-corrected chi connectivity index (χ0v) is 21.7. The first-order valence-corrected chi connectivity index (χ1v) is 14.8. The Kier molecular flexibility index (Phi) is 6.45. The Morgan fingerprint density at radius 3 is 2.94 bits per heavy atom. The number of nitrogens with zero attached hydrogens (tertiary/aromatic N) is 3. The summed E-state index contributed by atoms with van der Waals surface area (Å²) in [6.45, 7) is 1.39. The maximum absolute atomic E-state index is 13.2. The number of carbonyl (C=O) groups is 1. The van der Waals surface area contributed by atoms with E-state index >= 15 is 0 Å². The lowest BCUT2D eigenvalue weighted by atomic mass is 9.98. The van der Waals surface area contributed by atoms with Gasteiger partial charge in [-0.05, 0) is 38.3 Å². The van der Waals surface area contributed by atoms with Gasteiger partial charge >= 0.3 is 12.8 Å². The third-order valence-electron chi connectivity index (χ3n) is 5.58. The van der Waals surface area contributed by atoms with Gasteiger partial charge in [-0.25, -0.2) is 14.5 Å². The Balaban J connectivity index is 1.39. The van der Waals surface area contributed by atoms with Crippen molar-refractivity contribution in [3.63, 3.8) is 0 Å². The predicted molar refractivity (Wildman–Crippen MR) is 132 cm³/mol. The van der Waals surface area contributed by atoms with Gasteiger partial charge in [0.2, 0.25) is 0 Å². The summed E-state index contributed by atoms with van der Waals surface area (Å²) >= 11 is 2.23. The minimum atomic E-state index is -3.71. The molecular weight excluding hydrogens is 515 g/mol. The largest absolute Gasteiger partial charge is 0.454 e. The van der Waals surface area contributed by atoms with Gasteiger partial charge in [0.1, 0.15) is 29.8 Å². The number of nitrogen functional groups attached to an aromatic ring is 1. The molecule has 0 spiro atoms. The molecule has 3 aromatic heterocycles. The average Bonchev–Trinajstić information content (AvgIpc) is 3.51. The summed E-state index contributed by atoms with van der Waals surface area (Å²) in [5.74, 6) is -0.102. The topological polar surface area (TPSA) is 148 Å². The van der Waals surface area contributed by atoms with Gasteiger partial charge in [-0.1, -0.05) is 6.07 Å². The predicted octanol–water partition coefficient (Wildman–Crippen LogP) is 3.80. The normalized spacial score (nSPS) is 28.8. The van der Waals surface area contributed by atoms with Crippen molar-refractivity contribution in [2.75, 3.05) is 18.3 Å². The number of hydrogen-bond donors (Lipinski definition) is 2. The molecule has 0 bridgehead atoms. The molecule has 14 heteroatoms. The number of carbonyl (C=O) groups excluding carboxylic acids is 1. The number of aromatic nitrogens is 3. The van der Waals surface area contributed by atoms with Crippen molar-refractivity contribution in [1.29, 1.82) is 0 Å². The third kappa shape index (κ3) is 4.62. The van der Waals surface area contributed by atoms with E-state index < -0.39 is 42.7 Å². The van der Waals surface area contributed by atoms with Crippen molar-refractivity contribution in [3.8, 4) is 10.7 Å². The van der Waals surface area contributed by atoms with Crippen LogP contribution in [0, 0.1) is 5.41 Å². The second kappa shape index (κ2) is 9.15. The van der Waals surface area contributed by atoms with E-state index in [0.29, 0.717) is 22.7 Å². The summed E-state index contributed by atoms with van der Waals surface area (Å²) in [4.78, 5) is 21.9. The van der Waals surface area contributed by atoms with Crippen LogP contribution in [0.5, 0.6) is 0 Å². The molecule has 0 saturated carbocycles. The van der Waals surface area contributed by atoms with Crippen molar-refractivity contribution in [3.05, 3.63) is 29.8 Å². The van der Waals surface area contributed by atoms with Crippen LogP contribution in [0.4, 0.5) is 5.69 Å². The van der Waals surface area contributed by atoms with Crippen LogP contribution in [-0.2, 0) is 27.9 Å². The van der Waals surface area contributed by atoms with Gasteiger partial charge in [0.15, 0.2) is 17.7 Å². The highest BCUT2D eigenvalue weighted by Crippen LogP contribution is 2.65. The molecule has 0 aliphatic carbocycles. The fraction of sp³-hybridized carbons (Fsp3) is 0.476. The monoisotopic (exact) mass is 540 g/mol. The number of pyridine rings is 1. The van der Waals surface area contributed by atoms with Gasteiger partial charge in [-0.2, -0.15) is 0 Å². The van der Waals surface area contributed by atoms with Gasteiger partial charge < -0.3 is 20.3 Å². The number of imidazole rings is 1. The first-order chi connectivity index (χ1) is 16.6. The number of thiophene rings is 1. The lowest BCUT2D eigenvalue weighted by molar-refractivity contribution is -0.150. The second-order valence-electron chi connectivity index (χ2n) is 9.15. The van der Waals surface area contributed by atoms with Crippen molar-refractivity contribution in [2.24, 2.45) is 5.41 Å². The minimum absolute atomic E-state index is 0.0632. The SMILES string of the molecule is CC(C)(C)C(=O)OCSP1(=O)OC[C@H]2O[C@@H](n3c(-c4cccs4)nc4c(N)ccnc43)C(O)C2O1. The molecule has 0 amide bonds. The Morgan fingerprint density at radius 1 is 1.43 bits per heavy atom. The maximum atomic E-state index is 13.2. The van der Waals surface area contributed by atoms with Gasteiger partial charge in [0.05, 0.1) is 22.6 Å². The standard InChI is InChI=1S/C21H25N4O7PS2/c1-21(2,3)20(27)29-10-35-33(28)30-9-12-16(32-33)15(26)19(31-12)25-17(13-5-4-8-34-13)24-14-11(22)6-7-23-18(14)25/h4-8,12,15-16,19,26H,9-10H2,1-3H3,(H2,22,23)/t12-,15?,16?,19-,33?/m1/s1. The first kappa shape index (κ1) is 24.7. The van der Waals surface area contributed by atoms with Gasteiger partial charge in [-0.3, -0.25) is 18.4 Å². The quantitative estimate of drug-likeness (QED) is 0.276. The molecule has 2 aliphatic rings. The van der Waals surface area contributed by atoms with Crippen LogP contribution in [0.25, 0.3) is 21.9 Å². The summed E-state index contributed by atoms with van der Waals surface area (Å²) in [5.41, 5.74) is 6.82. The first-order valence-electron chi connectivity index (χ1n) is 10.8. The van der Waals surface area contributed by atoms with E-state index in [0.717, 1.165) is 16.3 Å². The van der Waals surface area contributed by atoms with Gasteiger partial charge in [0.25, 0.3) is 0 Å². The molecule has 5 rings (SSSR count). The van der Waals surface area contributed by atoms with Crippen LogP contribution in [0.15, 0.2) is 29.8 Å². The van der Waals surface area contributed by atoms with Crippen molar-refractivity contribution >= 4 is 52.3 Å². The van der Waals surface area contributed by atoms with Crippen LogP contribution in [0.3, 0.4) is 0 Å². The molecule has 5 heterocycles. The fourth-order valence-electron chi connectivity index (χ4n) is 3.80. The number of ether oxygens (including phenoxy) is 2. The molecular formula is C21H25N4O7PS2. The number of aliphatic hydroxyl groups is 1. The zero-order chi connectivity index (χ0) is 25.0. The molecule has 3 aromatic rings. The number of hydrogen-bond acceptors (Lipinski definition) is 12. The number of aliphatic hydroxyl groups excluding tert-OH is 1. The molecule has 188 valence electrons. The molecule has 3 N–H and O–H groups in total. The van der Waals surface area contributed by atoms with E-state index in [1.165, 1.54) is 11.3 Å². The number of anilines is 1. The van der Waals surface area contributed by atoms with E-state index in [2.05, 4.69) is 9.97 Å². The Bertz CT molecular complexity index is 1290. The second-order valence-corrected chi connectivity index (χ2v) is 14.1. The van der Waals surface area contributed by atoms with Crippen LogP contribution in [-0.4, -0.2) is 56.5 Å². The smallest absolute Gasteiger partial charge is 0.392 e. The lowest BCUT2D eigenvalue weighted by Gasteiger charge is -2.31. The van der Waals surface area contributed by atoms with E-state index in [1.807, 2.05) is 17.5 Å². The Hall–Kier alpha value is -1.99. The van der Waals surface area contributed by atoms with Crippen molar-refractivity contribution < 1.29 is 33.0 Å². The van der Waals surface area contributed by atoms with Crippen molar-refractivity contribution in [1.82, 2.24) is 14.5 Å². The van der Waals surface area contributed by atoms with Crippen LogP contribution >= 0.6 is 29.5 Å². The fourth-order valence-corrected chi connectivity index (χ4v) is 7.31. The van der Waals surface area contributed by atoms with Crippen LogP contribution in [0.2, 0.25) is 0 Å². The molecule has 3 unspecified atom stereocenters. The summed E-state index contributed by atoms with van der Waals surface area (Å²) in [6.07, 6.45) is -2.18. The summed E-state index contributed by atoms with van der Waals surface area (Å²) in [5, 5.41) is 13.1. The number of rotatable bonds is 5. The minimum Gasteiger partial charge on any atom is -0.454 e. The Morgan fingerprint density at radius 2 is 2.23 bits per heavy atom. The molecule has 2 aliphatic heterocycles. The highest BCUT2D eigenvalue weighted by molar-refractivity contribution is 8.55. The molecule has 2 saturated heterocycles. The van der Waals surface area contributed by atoms with Crippen molar-refractivity contribution in [2.45, 2.75) is 45.3 Å². The van der Waals surface area contributed by atoms with E-state index in [9.17, 15) is 14.5 Å². The van der Waals surface area contributed by atoms with Crippen LogP contribution in [0.1, 0.15) is 27.0 Å². The van der Waals surface area contributed by atoms with Crippen LogP contribution < -0.4 is 5.73 Å². The highest BCUT2D eigenvalue weighted by atomic mass is 32.7. The van der Waals surface area contributed by atoms with Gasteiger partial charge in [-0.15, -0.1) is 11.3 Å². The highest BCUT2D eigenvalue weighted by Gasteiger charge is 2.53. The summed E-state index contributed by atoms with van der Waals surface area (Å²) < 4.78 is 37.4. The molecule has 35 heavy (non-hydrogen) atoms. The summed E-state index contributed by atoms with van der Waals surface area (Å²) in [7, 11) is 0. The van der Waals surface area contributed by atoms with Gasteiger partial charge in [0, 0.05) is 17.6 Å². The number of nitrogens with two attached hydrogens (primary N) is 1. The summed E-state index contributed by atoms with van der Waals surface area (Å²) in [6, 6.07) is 5.44. The molecule has 11 nitrogen and oxygen atoms in total. The van der Waals surface area contributed by atoms with E-state index in [-0.39, 0.29) is 12.5 Å². The lowest BCUT2D eigenvalue weighted by Crippen LogP contribution is -2.39. The average molecular weight is 541 g/mol. The molecule has 0 radical (unpaired) electrons. The van der Waals surface area contributed by atoms with E-state index in [1.54, 1.807) is 37.6 Å². The third-order valence-corrected chi connectivity index (χ3v) is 9.79. The number of esters is 1. The van der Waals surface area contributed by atoms with E-state index in [4.69, 9.17) is 24.3 Å². The molecule has 5 atom stereocenters. The Labute approximate surface area is 209 Å². The maximum Gasteiger partial charge on any atom is 0.392 e. The zero-order valence-electron chi connectivity index (χ0n) is 19.2. The number of fused-ring (bicyclic) bond motifs is 2.